The molecule has 1 saturated heterocycles. The quantitative estimate of drug-likeness (QED) is 0.787. The molecule has 1 aromatic heterocycles. The fourth-order valence-electron chi connectivity index (χ4n) is 2.39. The predicted molar refractivity (Wildman–Crippen MR) is 75.2 cm³/mol. The smallest absolute Gasteiger partial charge is 0.172 e. The molecule has 0 bridgehead atoms. The molecule has 0 unspecified atom stereocenters. The molecular weight excluding hydrogens is 246 g/mol. The number of anilines is 1. The highest BCUT2D eigenvalue weighted by molar-refractivity contribution is 6.32. The Balaban J connectivity index is 1.98. The summed E-state index contributed by atoms with van der Waals surface area (Å²) < 4.78 is 0. The van der Waals surface area contributed by atoms with Crippen LogP contribution < -0.4 is 4.90 Å². The number of benzene rings is 1. The second kappa shape index (κ2) is 4.73. The van der Waals surface area contributed by atoms with Gasteiger partial charge in [0.25, 0.3) is 0 Å². The molecule has 0 aliphatic carbocycles. The van der Waals surface area contributed by atoms with Gasteiger partial charge in [-0.15, -0.1) is 0 Å². The minimum atomic E-state index is 0.517. The normalized spacial score (nSPS) is 17.3. The lowest BCUT2D eigenvalue weighted by atomic mass is 9.99. The predicted octanol–water partition coefficient (Wildman–Crippen LogP) is 3.52. The molecule has 3 nitrogen and oxygen atoms in total. The molecule has 94 valence electrons. The first-order valence-corrected chi connectivity index (χ1v) is 6.79. The lowest BCUT2D eigenvalue weighted by molar-refractivity contribution is 0.436. The molecule has 0 spiro atoms. The van der Waals surface area contributed by atoms with E-state index in [1.54, 1.807) is 0 Å². The first kappa shape index (κ1) is 11.7. The van der Waals surface area contributed by atoms with Crippen molar-refractivity contribution in [2.24, 2.45) is 5.92 Å². The summed E-state index contributed by atoms with van der Waals surface area (Å²) in [4.78, 5) is 11.3. The van der Waals surface area contributed by atoms with Crippen LogP contribution in [0.1, 0.15) is 19.8 Å². The van der Waals surface area contributed by atoms with E-state index in [0.29, 0.717) is 5.15 Å². The van der Waals surface area contributed by atoms with Crippen molar-refractivity contribution in [1.82, 2.24) is 9.97 Å². The van der Waals surface area contributed by atoms with Crippen molar-refractivity contribution >= 4 is 28.5 Å². The molecule has 3 rings (SSSR count). The summed E-state index contributed by atoms with van der Waals surface area (Å²) >= 11 is 6.26. The van der Waals surface area contributed by atoms with Crippen LogP contribution >= 0.6 is 11.6 Å². The monoisotopic (exact) mass is 261 g/mol. The van der Waals surface area contributed by atoms with Gasteiger partial charge in [-0.2, -0.15) is 0 Å². The molecular formula is C14H16ClN3. The third-order valence-corrected chi connectivity index (χ3v) is 3.85. The average Bonchev–Trinajstić information content (AvgIpc) is 2.39. The van der Waals surface area contributed by atoms with E-state index in [-0.39, 0.29) is 0 Å². The Morgan fingerprint density at radius 1 is 1.11 bits per heavy atom. The van der Waals surface area contributed by atoms with Gasteiger partial charge in [-0.25, -0.2) is 9.97 Å². The number of fused-ring (bicyclic) bond motifs is 1. The molecule has 2 aromatic rings. The molecule has 0 amide bonds. The minimum absolute atomic E-state index is 0.517. The summed E-state index contributed by atoms with van der Waals surface area (Å²) in [5.41, 5.74) is 1.77. The van der Waals surface area contributed by atoms with Crippen molar-refractivity contribution in [3.05, 3.63) is 29.4 Å². The summed E-state index contributed by atoms with van der Waals surface area (Å²) in [5, 5.41) is 0.517. The van der Waals surface area contributed by atoms with Crippen molar-refractivity contribution in [2.45, 2.75) is 19.8 Å². The Bertz CT molecular complexity index is 562. The van der Waals surface area contributed by atoms with Crippen molar-refractivity contribution in [3.8, 4) is 0 Å². The lowest BCUT2D eigenvalue weighted by Gasteiger charge is -2.31. The van der Waals surface area contributed by atoms with Crippen molar-refractivity contribution in [2.75, 3.05) is 18.0 Å². The maximum atomic E-state index is 6.26. The largest absolute Gasteiger partial charge is 0.354 e. The molecule has 2 heterocycles. The zero-order valence-electron chi connectivity index (χ0n) is 10.4. The van der Waals surface area contributed by atoms with Gasteiger partial charge in [0.2, 0.25) is 0 Å². The van der Waals surface area contributed by atoms with Gasteiger partial charge in [-0.3, -0.25) is 0 Å². The van der Waals surface area contributed by atoms with E-state index >= 15 is 0 Å². The van der Waals surface area contributed by atoms with Crippen LogP contribution in [0, 0.1) is 5.92 Å². The molecule has 0 radical (unpaired) electrons. The Hall–Kier alpha value is -1.35. The van der Waals surface area contributed by atoms with E-state index in [1.165, 1.54) is 12.8 Å². The Morgan fingerprint density at radius 3 is 2.39 bits per heavy atom. The maximum absolute atomic E-state index is 6.26. The van der Waals surface area contributed by atoms with Gasteiger partial charge in [0.15, 0.2) is 11.0 Å². The van der Waals surface area contributed by atoms with Gasteiger partial charge in [-0.1, -0.05) is 30.7 Å². The topological polar surface area (TPSA) is 29.0 Å². The van der Waals surface area contributed by atoms with Gasteiger partial charge in [0.05, 0.1) is 11.0 Å². The van der Waals surface area contributed by atoms with Gasteiger partial charge >= 0.3 is 0 Å². The van der Waals surface area contributed by atoms with Crippen LogP contribution in [0.2, 0.25) is 5.15 Å². The van der Waals surface area contributed by atoms with Crippen molar-refractivity contribution < 1.29 is 0 Å². The number of nitrogens with zero attached hydrogens (tertiary/aromatic N) is 3. The van der Waals surface area contributed by atoms with E-state index in [2.05, 4.69) is 21.8 Å². The molecule has 1 aliphatic rings. The fourth-order valence-corrected chi connectivity index (χ4v) is 2.64. The molecule has 1 aliphatic heterocycles. The first-order chi connectivity index (χ1) is 8.74. The van der Waals surface area contributed by atoms with Crippen LogP contribution in [0.15, 0.2) is 24.3 Å². The highest BCUT2D eigenvalue weighted by Crippen LogP contribution is 2.28. The molecule has 1 fully saturated rings. The van der Waals surface area contributed by atoms with Crippen molar-refractivity contribution in [1.29, 1.82) is 0 Å². The van der Waals surface area contributed by atoms with E-state index in [4.69, 9.17) is 11.6 Å². The van der Waals surface area contributed by atoms with Crippen LogP contribution in [-0.4, -0.2) is 23.1 Å². The second-order valence-electron chi connectivity index (χ2n) is 5.00. The zero-order valence-corrected chi connectivity index (χ0v) is 11.2. The van der Waals surface area contributed by atoms with Crippen LogP contribution in [0.5, 0.6) is 0 Å². The Labute approximate surface area is 112 Å². The lowest BCUT2D eigenvalue weighted by Crippen LogP contribution is -2.33. The number of halogens is 1. The number of rotatable bonds is 1. The van der Waals surface area contributed by atoms with Crippen LogP contribution in [-0.2, 0) is 0 Å². The molecule has 0 N–H and O–H groups in total. The fraction of sp³-hybridized carbons (Fsp3) is 0.429. The highest BCUT2D eigenvalue weighted by atomic mass is 35.5. The molecule has 1 aromatic carbocycles. The number of piperidine rings is 1. The molecule has 18 heavy (non-hydrogen) atoms. The SMILES string of the molecule is CC1CCN(c2nc3ccccc3nc2Cl)CC1. The summed E-state index contributed by atoms with van der Waals surface area (Å²) in [7, 11) is 0. The third-order valence-electron chi connectivity index (χ3n) is 3.59. The number of hydrogen-bond acceptors (Lipinski definition) is 3. The Kier molecular flexibility index (Phi) is 3.08. The average molecular weight is 262 g/mol. The number of aromatic nitrogens is 2. The summed E-state index contributed by atoms with van der Waals surface area (Å²) in [6, 6.07) is 7.85. The van der Waals surface area contributed by atoms with Gasteiger partial charge in [0.1, 0.15) is 0 Å². The van der Waals surface area contributed by atoms with Crippen LogP contribution in [0.3, 0.4) is 0 Å². The van der Waals surface area contributed by atoms with Crippen LogP contribution in [0.25, 0.3) is 11.0 Å². The molecule has 4 heteroatoms. The summed E-state index contributed by atoms with van der Waals surface area (Å²) in [5.74, 6) is 1.63. The summed E-state index contributed by atoms with van der Waals surface area (Å²) in [6.45, 7) is 4.34. The number of hydrogen-bond donors (Lipinski definition) is 0. The van der Waals surface area contributed by atoms with E-state index in [0.717, 1.165) is 35.9 Å². The number of para-hydroxylation sites is 2. The van der Waals surface area contributed by atoms with E-state index in [1.807, 2.05) is 24.3 Å². The molecule has 0 saturated carbocycles. The standard InChI is InChI=1S/C14H16ClN3/c1-10-6-8-18(9-7-10)14-13(15)16-11-4-2-3-5-12(11)17-14/h2-5,10H,6-9H2,1H3. The van der Waals surface area contributed by atoms with E-state index < -0.39 is 0 Å². The zero-order chi connectivity index (χ0) is 12.5. The maximum Gasteiger partial charge on any atom is 0.172 e. The van der Waals surface area contributed by atoms with Gasteiger partial charge in [-0.05, 0) is 30.9 Å². The Morgan fingerprint density at radius 2 is 1.72 bits per heavy atom. The second-order valence-corrected chi connectivity index (χ2v) is 5.35. The van der Waals surface area contributed by atoms with Crippen LogP contribution in [0.4, 0.5) is 5.82 Å². The summed E-state index contributed by atoms with van der Waals surface area (Å²) in [6.07, 6.45) is 2.40. The van der Waals surface area contributed by atoms with E-state index in [9.17, 15) is 0 Å². The van der Waals surface area contributed by atoms with Gasteiger partial charge in [0, 0.05) is 13.1 Å². The third kappa shape index (κ3) is 2.15. The molecule has 0 atom stereocenters. The van der Waals surface area contributed by atoms with Gasteiger partial charge < -0.3 is 4.90 Å². The van der Waals surface area contributed by atoms with Crippen molar-refractivity contribution in [3.63, 3.8) is 0 Å². The first-order valence-electron chi connectivity index (χ1n) is 6.41. The highest BCUT2D eigenvalue weighted by Gasteiger charge is 2.20. The minimum Gasteiger partial charge on any atom is -0.354 e.